The van der Waals surface area contributed by atoms with Gasteiger partial charge in [0.25, 0.3) is 0 Å². The van der Waals surface area contributed by atoms with E-state index in [9.17, 15) is 4.79 Å². The van der Waals surface area contributed by atoms with Crippen molar-refractivity contribution in [2.75, 3.05) is 0 Å². The Morgan fingerprint density at radius 1 is 1.37 bits per heavy atom. The Balaban J connectivity index is 2.18. The zero-order valence-electron chi connectivity index (χ0n) is 9.81. The van der Waals surface area contributed by atoms with Gasteiger partial charge in [-0.05, 0) is 25.1 Å². The van der Waals surface area contributed by atoms with Crippen LogP contribution in [0.3, 0.4) is 0 Å². The molecule has 0 fully saturated rings. The van der Waals surface area contributed by atoms with Crippen molar-refractivity contribution in [2.45, 2.75) is 13.5 Å². The summed E-state index contributed by atoms with van der Waals surface area (Å²) in [5, 5.41) is 13.3. The molecule has 0 unspecified atom stereocenters. The molecule has 1 N–H and O–H groups in total. The third kappa shape index (κ3) is 3.19. The van der Waals surface area contributed by atoms with Gasteiger partial charge in [-0.25, -0.2) is 4.79 Å². The molecule has 7 heteroatoms. The molecule has 1 aromatic carbocycles. The van der Waals surface area contributed by atoms with E-state index in [1.54, 1.807) is 25.1 Å². The van der Waals surface area contributed by atoms with Crippen molar-refractivity contribution in [3.05, 3.63) is 45.3 Å². The van der Waals surface area contributed by atoms with Crippen LogP contribution in [0.15, 0.2) is 22.7 Å². The molecule has 0 aliphatic rings. The van der Waals surface area contributed by atoms with E-state index in [2.05, 4.69) is 5.16 Å². The largest absolute Gasteiger partial charge is 0.489 e. The molecule has 19 heavy (non-hydrogen) atoms. The zero-order valence-corrected chi connectivity index (χ0v) is 11.3. The fourth-order valence-electron chi connectivity index (χ4n) is 1.50. The van der Waals surface area contributed by atoms with Gasteiger partial charge in [-0.2, -0.15) is 0 Å². The molecule has 0 radical (unpaired) electrons. The van der Waals surface area contributed by atoms with Crippen molar-refractivity contribution in [3.8, 4) is 5.75 Å². The summed E-state index contributed by atoms with van der Waals surface area (Å²) in [6.45, 7) is 1.62. The van der Waals surface area contributed by atoms with Gasteiger partial charge in [0.05, 0.1) is 5.56 Å². The van der Waals surface area contributed by atoms with E-state index in [4.69, 9.17) is 37.6 Å². The Kier molecular flexibility index (Phi) is 3.97. The Bertz CT molecular complexity index is 604. The molecule has 100 valence electrons. The summed E-state index contributed by atoms with van der Waals surface area (Å²) in [5.41, 5.74) is 0.217. The molecule has 0 aliphatic heterocycles. The van der Waals surface area contributed by atoms with Crippen molar-refractivity contribution in [1.29, 1.82) is 0 Å². The van der Waals surface area contributed by atoms with Gasteiger partial charge in [0, 0.05) is 10.0 Å². The first-order chi connectivity index (χ1) is 8.97. The minimum Gasteiger partial charge on any atom is -0.489 e. The van der Waals surface area contributed by atoms with Gasteiger partial charge in [0.15, 0.2) is 5.69 Å². The van der Waals surface area contributed by atoms with Crippen LogP contribution in [0.5, 0.6) is 5.75 Å². The number of carboxylic acids is 1. The highest BCUT2D eigenvalue weighted by molar-refractivity contribution is 6.34. The number of aromatic nitrogens is 1. The van der Waals surface area contributed by atoms with Gasteiger partial charge in [-0.3, -0.25) is 0 Å². The topological polar surface area (TPSA) is 72.6 Å². The SMILES string of the molecule is Cc1onc(C(=O)O)c1COc1cc(Cl)cc(Cl)c1. The van der Waals surface area contributed by atoms with E-state index in [0.717, 1.165) is 0 Å². The third-order valence-corrected chi connectivity index (χ3v) is 2.84. The molecule has 0 bridgehead atoms. The molecule has 1 heterocycles. The zero-order chi connectivity index (χ0) is 14.0. The second-order valence-corrected chi connectivity index (χ2v) is 4.64. The van der Waals surface area contributed by atoms with E-state index >= 15 is 0 Å². The van der Waals surface area contributed by atoms with Crippen LogP contribution in [0.2, 0.25) is 10.0 Å². The number of hydrogen-bond acceptors (Lipinski definition) is 4. The molecule has 0 saturated heterocycles. The Labute approximate surface area is 118 Å². The maximum Gasteiger partial charge on any atom is 0.358 e. The number of carbonyl (C=O) groups is 1. The van der Waals surface area contributed by atoms with Crippen molar-refractivity contribution in [3.63, 3.8) is 0 Å². The second kappa shape index (κ2) is 5.50. The maximum absolute atomic E-state index is 10.9. The molecule has 5 nitrogen and oxygen atoms in total. The average molecular weight is 302 g/mol. The first-order valence-electron chi connectivity index (χ1n) is 5.24. The summed E-state index contributed by atoms with van der Waals surface area (Å²) in [5.74, 6) is -0.334. The van der Waals surface area contributed by atoms with E-state index in [1.807, 2.05) is 0 Å². The normalized spacial score (nSPS) is 10.5. The molecule has 1 aromatic heterocycles. The van der Waals surface area contributed by atoms with Crippen LogP contribution in [-0.2, 0) is 6.61 Å². The number of nitrogens with zero attached hydrogens (tertiary/aromatic N) is 1. The fraction of sp³-hybridized carbons (Fsp3) is 0.167. The van der Waals surface area contributed by atoms with Crippen LogP contribution >= 0.6 is 23.2 Å². The number of hydrogen-bond donors (Lipinski definition) is 1. The summed E-state index contributed by atoms with van der Waals surface area (Å²) in [4.78, 5) is 10.9. The van der Waals surface area contributed by atoms with Crippen molar-refractivity contribution in [1.82, 2.24) is 5.16 Å². The minimum atomic E-state index is -1.17. The predicted octanol–water partition coefficient (Wildman–Crippen LogP) is 3.57. The van der Waals surface area contributed by atoms with E-state index < -0.39 is 5.97 Å². The number of halogens is 2. The average Bonchev–Trinajstić information content (AvgIpc) is 2.67. The number of ether oxygens (including phenoxy) is 1. The monoisotopic (exact) mass is 301 g/mol. The van der Waals surface area contributed by atoms with Gasteiger partial charge in [0.1, 0.15) is 18.1 Å². The highest BCUT2D eigenvalue weighted by atomic mass is 35.5. The lowest BCUT2D eigenvalue weighted by molar-refractivity contribution is 0.0683. The summed E-state index contributed by atoms with van der Waals surface area (Å²) >= 11 is 11.7. The van der Waals surface area contributed by atoms with Gasteiger partial charge in [-0.15, -0.1) is 0 Å². The van der Waals surface area contributed by atoms with Crippen molar-refractivity contribution >= 4 is 29.2 Å². The minimum absolute atomic E-state index is 0.00758. The summed E-state index contributed by atoms with van der Waals surface area (Å²) in [6, 6.07) is 4.73. The first-order valence-corrected chi connectivity index (χ1v) is 6.00. The third-order valence-electron chi connectivity index (χ3n) is 2.41. The summed E-state index contributed by atoms with van der Waals surface area (Å²) < 4.78 is 10.3. The van der Waals surface area contributed by atoms with Crippen LogP contribution < -0.4 is 4.74 Å². The van der Waals surface area contributed by atoms with Crippen LogP contribution in [-0.4, -0.2) is 16.2 Å². The molecular formula is C12H9Cl2NO4. The lowest BCUT2D eigenvalue weighted by Crippen LogP contribution is -2.05. The van der Waals surface area contributed by atoms with Crippen molar-refractivity contribution in [2.24, 2.45) is 0 Å². The van der Waals surface area contributed by atoms with E-state index in [0.29, 0.717) is 27.1 Å². The highest BCUT2D eigenvalue weighted by Crippen LogP contribution is 2.25. The standard InChI is InChI=1S/C12H9Cl2NO4/c1-6-10(11(12(16)17)15-19-6)5-18-9-3-7(13)2-8(14)4-9/h2-4H,5H2,1H3,(H,16,17). The summed E-state index contributed by atoms with van der Waals surface area (Å²) in [7, 11) is 0. The van der Waals surface area contributed by atoms with Crippen LogP contribution in [0.4, 0.5) is 0 Å². The number of aromatic carboxylic acids is 1. The van der Waals surface area contributed by atoms with Crippen LogP contribution in [0, 0.1) is 6.92 Å². The highest BCUT2D eigenvalue weighted by Gasteiger charge is 2.19. The van der Waals surface area contributed by atoms with Gasteiger partial charge in [-0.1, -0.05) is 28.4 Å². The van der Waals surface area contributed by atoms with Gasteiger partial charge in [0.2, 0.25) is 0 Å². The lowest BCUT2D eigenvalue weighted by atomic mass is 10.2. The van der Waals surface area contributed by atoms with E-state index in [1.165, 1.54) is 0 Å². The van der Waals surface area contributed by atoms with Crippen LogP contribution in [0.1, 0.15) is 21.8 Å². The number of benzene rings is 1. The molecule has 0 amide bonds. The smallest absolute Gasteiger partial charge is 0.358 e. The Morgan fingerprint density at radius 2 is 2.00 bits per heavy atom. The van der Waals surface area contributed by atoms with Crippen molar-refractivity contribution < 1.29 is 19.2 Å². The fourth-order valence-corrected chi connectivity index (χ4v) is 2.00. The lowest BCUT2D eigenvalue weighted by Gasteiger charge is -2.06. The Morgan fingerprint density at radius 3 is 2.58 bits per heavy atom. The van der Waals surface area contributed by atoms with Gasteiger partial charge < -0.3 is 14.4 Å². The predicted molar refractivity (Wildman–Crippen MR) is 69.0 cm³/mol. The molecular weight excluding hydrogens is 293 g/mol. The molecule has 2 rings (SSSR count). The summed E-state index contributed by atoms with van der Waals surface area (Å²) in [6.07, 6.45) is 0. The number of carboxylic acid groups (broad SMARTS) is 1. The molecule has 0 saturated carbocycles. The molecule has 0 atom stereocenters. The Hall–Kier alpha value is -1.72. The number of rotatable bonds is 4. The maximum atomic E-state index is 10.9. The molecule has 2 aromatic rings. The van der Waals surface area contributed by atoms with Crippen LogP contribution in [0.25, 0.3) is 0 Å². The van der Waals surface area contributed by atoms with E-state index in [-0.39, 0.29) is 12.3 Å². The van der Waals surface area contributed by atoms with Gasteiger partial charge >= 0.3 is 5.97 Å². The quantitative estimate of drug-likeness (QED) is 0.934. The second-order valence-electron chi connectivity index (χ2n) is 3.76. The number of aryl methyl sites for hydroxylation is 1. The molecule has 0 aliphatic carbocycles. The first kappa shape index (κ1) is 13.7. The molecule has 0 spiro atoms.